The van der Waals surface area contributed by atoms with Crippen LogP contribution in [0.15, 0.2) is 29.2 Å². The second-order valence-electron chi connectivity index (χ2n) is 5.60. The van der Waals surface area contributed by atoms with Crippen LogP contribution in [0.5, 0.6) is 0 Å². The van der Waals surface area contributed by atoms with Gasteiger partial charge in [-0.1, -0.05) is 25.1 Å². The van der Waals surface area contributed by atoms with E-state index in [1.807, 2.05) is 11.8 Å². The van der Waals surface area contributed by atoms with Gasteiger partial charge in [0.15, 0.2) is 0 Å². The summed E-state index contributed by atoms with van der Waals surface area (Å²) in [7, 11) is 2.26. The molecular formula is C15H23NS. The van der Waals surface area contributed by atoms with Crippen LogP contribution in [-0.2, 0) is 6.42 Å². The van der Waals surface area contributed by atoms with E-state index in [4.69, 9.17) is 0 Å². The number of thioether (sulfide) groups is 1. The van der Waals surface area contributed by atoms with Crippen molar-refractivity contribution in [2.45, 2.75) is 49.3 Å². The van der Waals surface area contributed by atoms with E-state index in [1.54, 1.807) is 0 Å². The highest BCUT2D eigenvalue weighted by atomic mass is 32.2. The van der Waals surface area contributed by atoms with Gasteiger partial charge < -0.3 is 4.90 Å². The van der Waals surface area contributed by atoms with Crippen molar-refractivity contribution in [3.63, 3.8) is 0 Å². The Labute approximate surface area is 110 Å². The average Bonchev–Trinajstić information content (AvgIpc) is 2.70. The lowest BCUT2D eigenvalue weighted by Gasteiger charge is -2.36. The van der Waals surface area contributed by atoms with Crippen molar-refractivity contribution in [2.24, 2.45) is 0 Å². The molecular weight excluding hydrogens is 226 g/mol. The molecule has 0 aromatic heterocycles. The fraction of sp³-hybridized carbons (Fsp3) is 0.600. The van der Waals surface area contributed by atoms with E-state index in [1.165, 1.54) is 29.8 Å². The number of hydrogen-bond donors (Lipinski definition) is 0. The summed E-state index contributed by atoms with van der Waals surface area (Å²) >= 11 is 2.05. The van der Waals surface area contributed by atoms with Crippen molar-refractivity contribution < 1.29 is 0 Å². The van der Waals surface area contributed by atoms with Crippen LogP contribution in [0.1, 0.15) is 32.8 Å². The minimum absolute atomic E-state index is 0.315. The number of rotatable bonds is 4. The molecule has 0 aliphatic carbocycles. The summed E-state index contributed by atoms with van der Waals surface area (Å²) in [5, 5.41) is 0.725. The second-order valence-corrected chi connectivity index (χ2v) is 6.94. The number of nitrogens with zero attached hydrogens (tertiary/aromatic N) is 1. The molecule has 0 N–H and O–H groups in total. The van der Waals surface area contributed by atoms with Gasteiger partial charge in [-0.15, -0.1) is 11.8 Å². The first kappa shape index (κ1) is 13.0. The molecule has 1 aromatic rings. The molecule has 2 heteroatoms. The fourth-order valence-electron chi connectivity index (χ4n) is 2.18. The van der Waals surface area contributed by atoms with Crippen LogP contribution in [0.2, 0.25) is 0 Å². The third kappa shape index (κ3) is 2.86. The van der Waals surface area contributed by atoms with Crippen molar-refractivity contribution in [1.29, 1.82) is 0 Å². The van der Waals surface area contributed by atoms with Crippen molar-refractivity contribution in [1.82, 2.24) is 4.90 Å². The number of hydrogen-bond acceptors (Lipinski definition) is 2. The summed E-state index contributed by atoms with van der Waals surface area (Å²) in [4.78, 5) is 4.00. The smallest absolute Gasteiger partial charge is 0.0263 e. The van der Waals surface area contributed by atoms with Gasteiger partial charge in [-0.25, -0.2) is 0 Å². The molecule has 0 fully saturated rings. The van der Waals surface area contributed by atoms with Crippen LogP contribution in [0.25, 0.3) is 0 Å². The highest BCUT2D eigenvalue weighted by molar-refractivity contribution is 8.00. The van der Waals surface area contributed by atoms with Crippen molar-refractivity contribution in [3.8, 4) is 0 Å². The maximum Gasteiger partial charge on any atom is 0.0263 e. The molecule has 1 aliphatic rings. The molecule has 1 aromatic carbocycles. The molecule has 0 saturated heterocycles. The predicted octanol–water partition coefficient (Wildman–Crippen LogP) is 3.82. The summed E-state index contributed by atoms with van der Waals surface area (Å²) in [6.45, 7) is 8.12. The average molecular weight is 249 g/mol. The van der Waals surface area contributed by atoms with Gasteiger partial charge in [-0.2, -0.15) is 0 Å². The SMILES string of the molecule is CCC(C)(C)N(C)CC1Cc2ccccc2S1. The maximum atomic E-state index is 2.51. The molecule has 0 saturated carbocycles. The summed E-state index contributed by atoms with van der Waals surface area (Å²) in [6.07, 6.45) is 2.43. The zero-order valence-electron chi connectivity index (χ0n) is 11.4. The van der Waals surface area contributed by atoms with Crippen LogP contribution in [-0.4, -0.2) is 29.3 Å². The van der Waals surface area contributed by atoms with Crippen LogP contribution < -0.4 is 0 Å². The standard InChI is InChI=1S/C15H23NS/c1-5-15(2,3)16(4)11-13-10-12-8-6-7-9-14(12)17-13/h6-9,13H,5,10-11H2,1-4H3. The minimum atomic E-state index is 0.315. The van der Waals surface area contributed by atoms with Crippen molar-refractivity contribution in [3.05, 3.63) is 29.8 Å². The Kier molecular flexibility index (Phi) is 3.84. The van der Waals surface area contributed by atoms with Crippen LogP contribution in [0.4, 0.5) is 0 Å². The molecule has 1 heterocycles. The van der Waals surface area contributed by atoms with Crippen LogP contribution in [0.3, 0.4) is 0 Å². The molecule has 0 bridgehead atoms. The molecule has 1 aliphatic heterocycles. The number of benzene rings is 1. The largest absolute Gasteiger partial charge is 0.300 e. The molecule has 0 amide bonds. The van der Waals surface area contributed by atoms with Gasteiger partial charge in [0.25, 0.3) is 0 Å². The summed E-state index contributed by atoms with van der Waals surface area (Å²) in [5.41, 5.74) is 1.85. The molecule has 1 atom stereocenters. The van der Waals surface area contributed by atoms with Gasteiger partial charge in [-0.05, 0) is 45.4 Å². The highest BCUT2D eigenvalue weighted by Gasteiger charge is 2.27. The van der Waals surface area contributed by atoms with Gasteiger partial charge in [0.2, 0.25) is 0 Å². The first-order valence-electron chi connectivity index (χ1n) is 6.48. The molecule has 0 radical (unpaired) electrons. The monoisotopic (exact) mass is 249 g/mol. The first-order chi connectivity index (χ1) is 8.03. The fourth-order valence-corrected chi connectivity index (χ4v) is 3.56. The van der Waals surface area contributed by atoms with E-state index in [-0.39, 0.29) is 0 Å². The summed E-state index contributed by atoms with van der Waals surface area (Å²) in [5.74, 6) is 0. The third-order valence-corrected chi connectivity index (χ3v) is 5.39. The van der Waals surface area contributed by atoms with E-state index in [0.29, 0.717) is 5.54 Å². The van der Waals surface area contributed by atoms with E-state index >= 15 is 0 Å². The van der Waals surface area contributed by atoms with Gasteiger partial charge in [-0.3, -0.25) is 0 Å². The number of fused-ring (bicyclic) bond motifs is 1. The molecule has 1 unspecified atom stereocenters. The van der Waals surface area contributed by atoms with Crippen molar-refractivity contribution in [2.75, 3.05) is 13.6 Å². The van der Waals surface area contributed by atoms with Crippen LogP contribution >= 0.6 is 11.8 Å². The topological polar surface area (TPSA) is 3.24 Å². The zero-order valence-corrected chi connectivity index (χ0v) is 12.2. The second kappa shape index (κ2) is 5.03. The first-order valence-corrected chi connectivity index (χ1v) is 7.36. The summed E-state index contributed by atoms with van der Waals surface area (Å²) < 4.78 is 0. The normalized spacial score (nSPS) is 19.7. The Morgan fingerprint density at radius 2 is 2.06 bits per heavy atom. The Morgan fingerprint density at radius 1 is 1.35 bits per heavy atom. The van der Waals surface area contributed by atoms with E-state index in [2.05, 4.69) is 57.0 Å². The molecule has 1 nitrogen and oxygen atoms in total. The van der Waals surface area contributed by atoms with Crippen LogP contribution in [0, 0.1) is 0 Å². The zero-order chi connectivity index (χ0) is 12.5. The Bertz CT molecular complexity index is 361. The Morgan fingerprint density at radius 3 is 2.71 bits per heavy atom. The van der Waals surface area contributed by atoms with E-state index in [0.717, 1.165) is 5.25 Å². The molecule has 17 heavy (non-hydrogen) atoms. The lowest BCUT2D eigenvalue weighted by Crippen LogP contribution is -2.43. The molecule has 0 spiro atoms. The van der Waals surface area contributed by atoms with Gasteiger partial charge in [0, 0.05) is 22.2 Å². The van der Waals surface area contributed by atoms with E-state index in [9.17, 15) is 0 Å². The van der Waals surface area contributed by atoms with Gasteiger partial charge in [0.1, 0.15) is 0 Å². The quantitative estimate of drug-likeness (QED) is 0.798. The Hall–Kier alpha value is -0.470. The minimum Gasteiger partial charge on any atom is -0.300 e. The van der Waals surface area contributed by atoms with Gasteiger partial charge >= 0.3 is 0 Å². The lowest BCUT2D eigenvalue weighted by molar-refractivity contribution is 0.152. The van der Waals surface area contributed by atoms with Crippen molar-refractivity contribution >= 4 is 11.8 Å². The molecule has 2 rings (SSSR count). The predicted molar refractivity (Wildman–Crippen MR) is 76.8 cm³/mol. The Balaban J connectivity index is 1.96. The third-order valence-electron chi connectivity index (χ3n) is 4.09. The highest BCUT2D eigenvalue weighted by Crippen LogP contribution is 2.37. The van der Waals surface area contributed by atoms with E-state index < -0.39 is 0 Å². The summed E-state index contributed by atoms with van der Waals surface area (Å²) in [6, 6.07) is 8.83. The lowest BCUT2D eigenvalue weighted by atomic mass is 9.99. The molecule has 94 valence electrons. The van der Waals surface area contributed by atoms with Gasteiger partial charge in [0.05, 0.1) is 0 Å². The maximum absolute atomic E-state index is 2.51.